The maximum absolute atomic E-state index is 16.4. The van der Waals surface area contributed by atoms with Crippen LogP contribution in [0.3, 0.4) is 0 Å². The molecule has 43 heavy (non-hydrogen) atoms. The molecule has 2 N–H and O–H groups in total. The molecular weight excluding hydrogens is 547 g/mol. The van der Waals surface area contributed by atoms with Crippen molar-refractivity contribution in [3.05, 3.63) is 65.3 Å². The molecule has 228 valence electrons. The van der Waals surface area contributed by atoms with Crippen LogP contribution in [0.4, 0.5) is 4.39 Å². The number of nitrogens with zero attached hydrogens (tertiary/aromatic N) is 6. The molecule has 1 aromatic carbocycles. The number of hydrogen-bond acceptors (Lipinski definition) is 5. The molecule has 2 atom stereocenters. The van der Waals surface area contributed by atoms with Crippen LogP contribution >= 0.6 is 0 Å². The molecule has 1 aliphatic heterocycles. The Morgan fingerprint density at radius 1 is 0.977 bits per heavy atom. The summed E-state index contributed by atoms with van der Waals surface area (Å²) in [6.07, 6.45) is 9.78. The van der Waals surface area contributed by atoms with Gasteiger partial charge in [-0.3, -0.25) is 19.0 Å². The highest BCUT2D eigenvalue weighted by Gasteiger charge is 2.35. The standard InChI is InChI=1S/C32H41FN8O2/c1-4-40-25(15-17-34-40)31(42)38-28(21-11-9-20(3)10-12-21)30-36-23-14-13-22(27(33)29(23)37-30)24-8-6-7-19-39(24)32(43)26-16-18-35-41(26)5-2/h13-18,20-21,24,28H,4-12,19H2,1-3H3,(H,36,37)(H,38,42). The molecular formula is C32H41FN8O2. The molecule has 1 saturated carbocycles. The molecule has 11 heteroatoms. The van der Waals surface area contributed by atoms with E-state index in [1.807, 2.05) is 19.9 Å². The molecule has 0 bridgehead atoms. The number of carbonyl (C=O) groups is 2. The Morgan fingerprint density at radius 2 is 1.67 bits per heavy atom. The van der Waals surface area contributed by atoms with Crippen molar-refractivity contribution in [2.75, 3.05) is 6.54 Å². The average molecular weight is 589 g/mol. The molecule has 2 unspecified atom stereocenters. The van der Waals surface area contributed by atoms with Gasteiger partial charge in [-0.1, -0.05) is 25.8 Å². The first-order valence-electron chi connectivity index (χ1n) is 15.7. The van der Waals surface area contributed by atoms with Crippen molar-refractivity contribution in [1.29, 1.82) is 0 Å². The first-order valence-corrected chi connectivity index (χ1v) is 15.7. The molecule has 4 aromatic rings. The summed E-state index contributed by atoms with van der Waals surface area (Å²) in [6.45, 7) is 7.88. The van der Waals surface area contributed by atoms with Gasteiger partial charge in [0.25, 0.3) is 11.8 Å². The first kappa shape index (κ1) is 29.1. The van der Waals surface area contributed by atoms with Crippen LogP contribution in [0.2, 0.25) is 0 Å². The van der Waals surface area contributed by atoms with E-state index in [4.69, 9.17) is 4.98 Å². The Bertz CT molecular complexity index is 1600. The summed E-state index contributed by atoms with van der Waals surface area (Å²) in [5, 5.41) is 11.7. The SMILES string of the molecule is CCn1nccc1C(=O)NC(c1nc2c(F)c(C3CCCCN3C(=O)c3ccnn3CC)ccc2[nH]1)C1CCC(C)CC1. The lowest BCUT2D eigenvalue weighted by molar-refractivity contribution is 0.0594. The van der Waals surface area contributed by atoms with Crippen LogP contribution in [-0.4, -0.2) is 52.8 Å². The maximum Gasteiger partial charge on any atom is 0.272 e. The Morgan fingerprint density at radius 3 is 2.40 bits per heavy atom. The fraction of sp³-hybridized carbons (Fsp3) is 0.531. The van der Waals surface area contributed by atoms with Gasteiger partial charge in [0.1, 0.15) is 22.7 Å². The fourth-order valence-corrected chi connectivity index (χ4v) is 6.91. The summed E-state index contributed by atoms with van der Waals surface area (Å²) in [5.74, 6) is 0.613. The zero-order valence-corrected chi connectivity index (χ0v) is 25.2. The molecule has 3 aromatic heterocycles. The average Bonchev–Trinajstić information content (AvgIpc) is 3.80. The van der Waals surface area contributed by atoms with Crippen molar-refractivity contribution >= 4 is 22.8 Å². The zero-order valence-electron chi connectivity index (χ0n) is 25.2. The lowest BCUT2D eigenvalue weighted by atomic mass is 9.79. The number of rotatable bonds is 8. The van der Waals surface area contributed by atoms with Gasteiger partial charge in [-0.25, -0.2) is 9.37 Å². The quantitative estimate of drug-likeness (QED) is 0.270. The van der Waals surface area contributed by atoms with E-state index in [9.17, 15) is 9.59 Å². The van der Waals surface area contributed by atoms with Crippen molar-refractivity contribution < 1.29 is 14.0 Å². The highest BCUT2D eigenvalue weighted by molar-refractivity contribution is 5.93. The number of aromatic amines is 1. The topological polar surface area (TPSA) is 114 Å². The van der Waals surface area contributed by atoms with E-state index < -0.39 is 17.9 Å². The normalized spacial score (nSPS) is 21.7. The van der Waals surface area contributed by atoms with Crippen LogP contribution in [0.25, 0.3) is 11.0 Å². The summed E-state index contributed by atoms with van der Waals surface area (Å²) in [5.41, 5.74) is 2.30. The van der Waals surface area contributed by atoms with Gasteiger partial charge in [0.05, 0.1) is 17.6 Å². The summed E-state index contributed by atoms with van der Waals surface area (Å²) in [4.78, 5) is 37.0. The largest absolute Gasteiger partial charge is 0.340 e. The first-order chi connectivity index (χ1) is 20.9. The number of nitrogens with one attached hydrogen (secondary N) is 2. The molecule has 0 spiro atoms. The lowest BCUT2D eigenvalue weighted by Crippen LogP contribution is -2.39. The Kier molecular flexibility index (Phi) is 8.32. The lowest BCUT2D eigenvalue weighted by Gasteiger charge is -2.36. The van der Waals surface area contributed by atoms with Gasteiger partial charge in [0.15, 0.2) is 5.82 Å². The molecule has 0 radical (unpaired) electrons. The minimum atomic E-state index is -0.417. The highest BCUT2D eigenvalue weighted by atomic mass is 19.1. The number of imidazole rings is 1. The van der Waals surface area contributed by atoms with Crippen LogP contribution in [0.5, 0.6) is 0 Å². The van der Waals surface area contributed by atoms with Gasteiger partial charge in [-0.05, 0) is 76.0 Å². The third-order valence-corrected chi connectivity index (χ3v) is 9.36. The van der Waals surface area contributed by atoms with E-state index in [1.54, 1.807) is 44.9 Å². The molecule has 1 saturated heterocycles. The van der Waals surface area contributed by atoms with Crippen molar-refractivity contribution in [3.8, 4) is 0 Å². The van der Waals surface area contributed by atoms with Gasteiger partial charge in [-0.2, -0.15) is 10.2 Å². The third-order valence-electron chi connectivity index (χ3n) is 9.36. The summed E-state index contributed by atoms with van der Waals surface area (Å²) >= 11 is 0. The third kappa shape index (κ3) is 5.57. The number of carbonyl (C=O) groups excluding carboxylic acids is 2. The van der Waals surface area contributed by atoms with Gasteiger partial charge >= 0.3 is 0 Å². The molecule has 6 rings (SSSR count). The Balaban J connectivity index is 1.33. The van der Waals surface area contributed by atoms with Gasteiger partial charge in [-0.15, -0.1) is 0 Å². The predicted molar refractivity (Wildman–Crippen MR) is 161 cm³/mol. The van der Waals surface area contributed by atoms with Crippen LogP contribution in [-0.2, 0) is 13.1 Å². The predicted octanol–water partition coefficient (Wildman–Crippen LogP) is 5.80. The molecule has 2 fully saturated rings. The highest BCUT2D eigenvalue weighted by Crippen LogP contribution is 2.39. The molecule has 2 aliphatic rings. The second-order valence-corrected chi connectivity index (χ2v) is 12.0. The number of fused-ring (bicyclic) bond motifs is 1. The fourth-order valence-electron chi connectivity index (χ4n) is 6.91. The number of piperidine rings is 1. The maximum atomic E-state index is 16.4. The monoisotopic (exact) mass is 588 g/mol. The zero-order chi connectivity index (χ0) is 30.1. The van der Waals surface area contributed by atoms with E-state index in [1.165, 1.54) is 0 Å². The number of amides is 2. The van der Waals surface area contributed by atoms with Crippen molar-refractivity contribution in [2.45, 2.75) is 90.9 Å². The second-order valence-electron chi connectivity index (χ2n) is 12.0. The number of benzene rings is 1. The van der Waals surface area contributed by atoms with Crippen molar-refractivity contribution in [3.63, 3.8) is 0 Å². The van der Waals surface area contributed by atoms with Gasteiger partial charge in [0.2, 0.25) is 0 Å². The number of H-pyrrole nitrogens is 1. The summed E-state index contributed by atoms with van der Waals surface area (Å²) < 4.78 is 19.7. The van der Waals surface area contributed by atoms with Crippen molar-refractivity contribution in [1.82, 2.24) is 39.7 Å². The number of aryl methyl sites for hydroxylation is 2. The second kappa shape index (κ2) is 12.3. The minimum absolute atomic E-state index is 0.133. The molecule has 1 aliphatic carbocycles. The Labute approximate surface area is 251 Å². The molecule has 4 heterocycles. The van der Waals surface area contributed by atoms with Crippen LogP contribution in [0.15, 0.2) is 36.7 Å². The molecule has 10 nitrogen and oxygen atoms in total. The van der Waals surface area contributed by atoms with E-state index in [0.29, 0.717) is 60.3 Å². The van der Waals surface area contributed by atoms with Crippen LogP contribution in [0.1, 0.15) is 110 Å². The number of hydrogen-bond donors (Lipinski definition) is 2. The minimum Gasteiger partial charge on any atom is -0.340 e. The number of likely N-dealkylation sites (tertiary alicyclic amines) is 1. The van der Waals surface area contributed by atoms with Gasteiger partial charge in [0, 0.05) is 37.6 Å². The summed E-state index contributed by atoms with van der Waals surface area (Å²) in [7, 11) is 0. The van der Waals surface area contributed by atoms with E-state index in [2.05, 4.69) is 27.4 Å². The van der Waals surface area contributed by atoms with Crippen LogP contribution in [0, 0.1) is 17.7 Å². The number of aromatic nitrogens is 6. The van der Waals surface area contributed by atoms with Gasteiger partial charge < -0.3 is 15.2 Å². The molecule has 2 amide bonds. The smallest absolute Gasteiger partial charge is 0.272 e. The number of halogens is 1. The summed E-state index contributed by atoms with van der Waals surface area (Å²) in [6, 6.07) is 6.29. The van der Waals surface area contributed by atoms with E-state index >= 15 is 4.39 Å². The van der Waals surface area contributed by atoms with Crippen LogP contribution < -0.4 is 5.32 Å². The van der Waals surface area contributed by atoms with E-state index in [-0.39, 0.29) is 23.2 Å². The van der Waals surface area contributed by atoms with E-state index in [0.717, 1.165) is 38.5 Å². The Hall–Kier alpha value is -4.02. The van der Waals surface area contributed by atoms with Crippen molar-refractivity contribution in [2.24, 2.45) is 11.8 Å².